The van der Waals surface area contributed by atoms with E-state index in [1.165, 1.54) is 0 Å². The van der Waals surface area contributed by atoms with Crippen LogP contribution in [0.2, 0.25) is 0 Å². The molecule has 0 saturated carbocycles. The molecular weight excluding hydrogens is 470 g/mol. The van der Waals surface area contributed by atoms with Crippen LogP contribution >= 0.6 is 0 Å². The van der Waals surface area contributed by atoms with Crippen molar-refractivity contribution in [3.63, 3.8) is 0 Å². The van der Waals surface area contributed by atoms with Crippen molar-refractivity contribution in [2.75, 3.05) is 0 Å². The standard InChI is InChI=1S/C33H19N3O2/c1-3-11-23-20(8-1)10-7-13-26(23)32-34-31(35-33(36-32)30-18-21-9-2-5-14-27(21)37-30)22-16-17-25-24-12-4-6-15-28(24)38-29(25)19-22/h1-19H. The monoisotopic (exact) mass is 489 g/mol. The lowest BCUT2D eigenvalue weighted by atomic mass is 10.0. The zero-order valence-corrected chi connectivity index (χ0v) is 20.1. The highest BCUT2D eigenvalue weighted by molar-refractivity contribution is 6.05. The summed E-state index contributed by atoms with van der Waals surface area (Å²) in [6, 6.07) is 38.5. The van der Waals surface area contributed by atoms with Crippen LogP contribution in [0.5, 0.6) is 0 Å². The zero-order chi connectivity index (χ0) is 25.1. The third kappa shape index (κ3) is 3.29. The minimum Gasteiger partial charge on any atom is -0.456 e. The smallest absolute Gasteiger partial charge is 0.199 e. The van der Waals surface area contributed by atoms with Gasteiger partial charge in [0.1, 0.15) is 16.7 Å². The summed E-state index contributed by atoms with van der Waals surface area (Å²) in [4.78, 5) is 14.7. The minimum atomic E-state index is 0.485. The fourth-order valence-corrected chi connectivity index (χ4v) is 5.11. The maximum absolute atomic E-state index is 6.16. The van der Waals surface area contributed by atoms with Crippen molar-refractivity contribution < 1.29 is 8.83 Å². The van der Waals surface area contributed by atoms with Crippen LogP contribution < -0.4 is 0 Å². The molecule has 0 N–H and O–H groups in total. The average Bonchev–Trinajstić information content (AvgIpc) is 3.58. The summed E-state index contributed by atoms with van der Waals surface area (Å²) in [6.07, 6.45) is 0. The van der Waals surface area contributed by atoms with Crippen molar-refractivity contribution in [1.29, 1.82) is 0 Å². The maximum Gasteiger partial charge on any atom is 0.199 e. The van der Waals surface area contributed by atoms with E-state index in [2.05, 4.69) is 30.3 Å². The molecule has 0 aliphatic heterocycles. The number of nitrogens with zero attached hydrogens (tertiary/aromatic N) is 3. The van der Waals surface area contributed by atoms with Crippen molar-refractivity contribution in [3.8, 4) is 34.4 Å². The Kier molecular flexibility index (Phi) is 4.45. The van der Waals surface area contributed by atoms with Gasteiger partial charge >= 0.3 is 0 Å². The van der Waals surface area contributed by atoms with Gasteiger partial charge in [-0.05, 0) is 41.1 Å². The van der Waals surface area contributed by atoms with Gasteiger partial charge in [0, 0.05) is 27.3 Å². The number of hydrogen-bond donors (Lipinski definition) is 0. The van der Waals surface area contributed by atoms with E-state index in [1.807, 2.05) is 84.9 Å². The highest BCUT2D eigenvalue weighted by Gasteiger charge is 2.17. The van der Waals surface area contributed by atoms with Gasteiger partial charge in [-0.3, -0.25) is 0 Å². The van der Waals surface area contributed by atoms with E-state index in [0.717, 1.165) is 54.8 Å². The number of hydrogen-bond acceptors (Lipinski definition) is 5. The summed E-state index contributed by atoms with van der Waals surface area (Å²) in [5, 5.41) is 5.35. The van der Waals surface area contributed by atoms with Gasteiger partial charge in [0.2, 0.25) is 0 Å². The average molecular weight is 490 g/mol. The number of benzene rings is 5. The summed E-state index contributed by atoms with van der Waals surface area (Å²) in [5.74, 6) is 2.23. The summed E-state index contributed by atoms with van der Waals surface area (Å²) in [7, 11) is 0. The second kappa shape index (κ2) is 8.11. The number of aromatic nitrogens is 3. The Morgan fingerprint density at radius 2 is 1.11 bits per heavy atom. The van der Waals surface area contributed by atoms with Crippen molar-refractivity contribution >= 4 is 43.7 Å². The van der Waals surface area contributed by atoms with E-state index in [1.54, 1.807) is 0 Å². The molecule has 5 heteroatoms. The Morgan fingerprint density at radius 1 is 0.421 bits per heavy atom. The molecule has 3 aromatic heterocycles. The molecule has 38 heavy (non-hydrogen) atoms. The molecule has 0 saturated heterocycles. The van der Waals surface area contributed by atoms with Gasteiger partial charge in [-0.25, -0.2) is 15.0 Å². The van der Waals surface area contributed by atoms with Crippen LogP contribution in [0.1, 0.15) is 0 Å². The van der Waals surface area contributed by atoms with Crippen LogP contribution in [0.3, 0.4) is 0 Å². The second-order valence-electron chi connectivity index (χ2n) is 9.29. The first kappa shape index (κ1) is 20.9. The third-order valence-corrected chi connectivity index (χ3v) is 6.95. The number of fused-ring (bicyclic) bond motifs is 5. The molecule has 0 fully saturated rings. The Bertz CT molecular complexity index is 2120. The lowest BCUT2D eigenvalue weighted by Crippen LogP contribution is -2.00. The lowest BCUT2D eigenvalue weighted by molar-refractivity contribution is 0.625. The molecular formula is C33H19N3O2. The van der Waals surface area contributed by atoms with Crippen molar-refractivity contribution in [2.45, 2.75) is 0 Å². The molecule has 5 aromatic carbocycles. The Morgan fingerprint density at radius 3 is 2.00 bits per heavy atom. The quantitative estimate of drug-likeness (QED) is 0.248. The van der Waals surface area contributed by atoms with E-state index in [-0.39, 0.29) is 0 Å². The van der Waals surface area contributed by atoms with Gasteiger partial charge < -0.3 is 8.83 Å². The van der Waals surface area contributed by atoms with Crippen molar-refractivity contribution in [1.82, 2.24) is 15.0 Å². The SMILES string of the molecule is c1ccc2oc(-c3nc(-c4ccc5c(c4)oc4ccccc45)nc(-c4cccc5ccccc45)n3)cc2c1. The van der Waals surface area contributed by atoms with Crippen LogP contribution in [0, 0.1) is 0 Å². The normalized spacial score (nSPS) is 11.7. The van der Waals surface area contributed by atoms with E-state index < -0.39 is 0 Å². The molecule has 8 aromatic rings. The Balaban J connectivity index is 1.37. The van der Waals surface area contributed by atoms with E-state index >= 15 is 0 Å². The van der Waals surface area contributed by atoms with Gasteiger partial charge in [-0.2, -0.15) is 0 Å². The summed E-state index contributed by atoms with van der Waals surface area (Å²) in [6.45, 7) is 0. The highest BCUT2D eigenvalue weighted by atomic mass is 16.3. The highest BCUT2D eigenvalue weighted by Crippen LogP contribution is 2.34. The van der Waals surface area contributed by atoms with Gasteiger partial charge in [-0.1, -0.05) is 84.9 Å². The summed E-state index contributed by atoms with van der Waals surface area (Å²) in [5.41, 5.74) is 4.22. The molecule has 0 radical (unpaired) electrons. The Hall–Kier alpha value is -5.29. The number of furan rings is 2. The molecule has 5 nitrogen and oxygen atoms in total. The first-order valence-electron chi connectivity index (χ1n) is 12.4. The third-order valence-electron chi connectivity index (χ3n) is 6.95. The predicted molar refractivity (Wildman–Crippen MR) is 151 cm³/mol. The van der Waals surface area contributed by atoms with Gasteiger partial charge in [0.05, 0.1) is 0 Å². The molecule has 0 unspecified atom stereocenters. The molecule has 0 aliphatic rings. The fraction of sp³-hybridized carbons (Fsp3) is 0. The molecule has 3 heterocycles. The van der Waals surface area contributed by atoms with Gasteiger partial charge in [0.15, 0.2) is 23.2 Å². The molecule has 8 rings (SSSR count). The van der Waals surface area contributed by atoms with Crippen LogP contribution in [0.25, 0.3) is 78.0 Å². The molecule has 0 bridgehead atoms. The molecule has 178 valence electrons. The van der Waals surface area contributed by atoms with Crippen molar-refractivity contribution in [2.24, 2.45) is 0 Å². The van der Waals surface area contributed by atoms with E-state index in [4.69, 9.17) is 23.8 Å². The van der Waals surface area contributed by atoms with Crippen molar-refractivity contribution in [3.05, 3.63) is 115 Å². The minimum absolute atomic E-state index is 0.485. The zero-order valence-electron chi connectivity index (χ0n) is 20.1. The Labute approximate surface area is 217 Å². The topological polar surface area (TPSA) is 65.0 Å². The second-order valence-corrected chi connectivity index (χ2v) is 9.29. The van der Waals surface area contributed by atoms with E-state index in [0.29, 0.717) is 23.2 Å². The van der Waals surface area contributed by atoms with Crippen LogP contribution in [-0.4, -0.2) is 15.0 Å². The molecule has 0 amide bonds. The predicted octanol–water partition coefficient (Wildman–Crippen LogP) is 8.67. The van der Waals surface area contributed by atoms with Gasteiger partial charge in [0.25, 0.3) is 0 Å². The van der Waals surface area contributed by atoms with Crippen LogP contribution in [0.15, 0.2) is 124 Å². The van der Waals surface area contributed by atoms with Crippen LogP contribution in [0.4, 0.5) is 0 Å². The maximum atomic E-state index is 6.16. The lowest BCUT2D eigenvalue weighted by Gasteiger charge is -2.09. The largest absolute Gasteiger partial charge is 0.456 e. The first-order chi connectivity index (χ1) is 18.8. The number of para-hydroxylation sites is 2. The molecule has 0 atom stereocenters. The number of rotatable bonds is 3. The van der Waals surface area contributed by atoms with Gasteiger partial charge in [-0.15, -0.1) is 0 Å². The van der Waals surface area contributed by atoms with Crippen LogP contribution in [-0.2, 0) is 0 Å². The van der Waals surface area contributed by atoms with E-state index in [9.17, 15) is 0 Å². The molecule has 0 spiro atoms. The fourth-order valence-electron chi connectivity index (χ4n) is 5.11. The first-order valence-corrected chi connectivity index (χ1v) is 12.4. The molecule has 0 aliphatic carbocycles. The summed E-state index contributed by atoms with van der Waals surface area (Å²) < 4.78 is 12.3. The summed E-state index contributed by atoms with van der Waals surface area (Å²) >= 11 is 0.